The summed E-state index contributed by atoms with van der Waals surface area (Å²) in [7, 11) is 0. The van der Waals surface area contributed by atoms with Gasteiger partial charge in [-0.15, -0.1) is 0 Å². The Hall–Kier alpha value is -2.65. The SMILES string of the molecule is O=C(Nc1cc(C(F)(F)F)cc(C(F)(F)F)c1)c1cc(F)ccc1F. The van der Waals surface area contributed by atoms with Crippen LogP contribution in [0.3, 0.4) is 0 Å². The molecular formula is C15H7F8NO. The summed E-state index contributed by atoms with van der Waals surface area (Å²) in [5.41, 5.74) is -5.04. The summed E-state index contributed by atoms with van der Waals surface area (Å²) in [5, 5.41) is 1.71. The van der Waals surface area contributed by atoms with Gasteiger partial charge in [0.25, 0.3) is 5.91 Å². The molecule has 1 N–H and O–H groups in total. The van der Waals surface area contributed by atoms with Crippen molar-refractivity contribution in [1.29, 1.82) is 0 Å². The van der Waals surface area contributed by atoms with E-state index in [-0.39, 0.29) is 18.2 Å². The van der Waals surface area contributed by atoms with Gasteiger partial charge >= 0.3 is 12.4 Å². The zero-order valence-corrected chi connectivity index (χ0v) is 11.9. The van der Waals surface area contributed by atoms with Crippen molar-refractivity contribution < 1.29 is 39.9 Å². The van der Waals surface area contributed by atoms with Gasteiger partial charge in [0, 0.05) is 5.69 Å². The van der Waals surface area contributed by atoms with Crippen LogP contribution in [0.5, 0.6) is 0 Å². The van der Waals surface area contributed by atoms with E-state index in [2.05, 4.69) is 0 Å². The topological polar surface area (TPSA) is 29.1 Å². The Balaban J connectivity index is 2.45. The Morgan fingerprint density at radius 3 is 1.80 bits per heavy atom. The van der Waals surface area contributed by atoms with Gasteiger partial charge in [0.15, 0.2) is 0 Å². The lowest BCUT2D eigenvalue weighted by atomic mass is 10.1. The maximum atomic E-state index is 13.5. The van der Waals surface area contributed by atoms with E-state index < -0.39 is 52.3 Å². The average molecular weight is 369 g/mol. The molecule has 0 heterocycles. The lowest BCUT2D eigenvalue weighted by Crippen LogP contribution is -2.17. The van der Waals surface area contributed by atoms with Crippen molar-refractivity contribution in [1.82, 2.24) is 0 Å². The van der Waals surface area contributed by atoms with Crippen molar-refractivity contribution >= 4 is 11.6 Å². The molecule has 0 atom stereocenters. The van der Waals surface area contributed by atoms with E-state index in [0.29, 0.717) is 18.2 Å². The molecule has 0 fully saturated rings. The van der Waals surface area contributed by atoms with E-state index in [1.54, 1.807) is 5.32 Å². The summed E-state index contributed by atoms with van der Waals surface area (Å²) in [6.07, 6.45) is -10.2. The van der Waals surface area contributed by atoms with Crippen LogP contribution in [0.15, 0.2) is 36.4 Å². The molecule has 0 aliphatic rings. The van der Waals surface area contributed by atoms with Crippen LogP contribution in [0.25, 0.3) is 0 Å². The Morgan fingerprint density at radius 1 is 0.800 bits per heavy atom. The van der Waals surface area contributed by atoms with E-state index in [0.717, 1.165) is 0 Å². The highest BCUT2D eigenvalue weighted by Gasteiger charge is 2.37. The highest BCUT2D eigenvalue weighted by Crippen LogP contribution is 2.37. The number of amides is 1. The summed E-state index contributed by atoms with van der Waals surface area (Å²) in [6.45, 7) is 0. The average Bonchev–Trinajstić information content (AvgIpc) is 2.47. The second-order valence-electron chi connectivity index (χ2n) is 4.87. The number of carbonyl (C=O) groups is 1. The number of alkyl halides is 6. The molecule has 0 bridgehead atoms. The molecule has 0 saturated carbocycles. The smallest absolute Gasteiger partial charge is 0.322 e. The van der Waals surface area contributed by atoms with Gasteiger partial charge in [-0.05, 0) is 36.4 Å². The molecule has 2 aromatic rings. The minimum atomic E-state index is -5.11. The first-order valence-electron chi connectivity index (χ1n) is 6.44. The van der Waals surface area contributed by atoms with Crippen LogP contribution in [0.1, 0.15) is 21.5 Å². The number of rotatable bonds is 2. The van der Waals surface area contributed by atoms with E-state index in [9.17, 15) is 39.9 Å². The third kappa shape index (κ3) is 4.46. The summed E-state index contributed by atoms with van der Waals surface area (Å²) in [6, 6.07) is 2.13. The van der Waals surface area contributed by atoms with Crippen LogP contribution >= 0.6 is 0 Å². The fraction of sp³-hybridized carbons (Fsp3) is 0.133. The molecule has 0 radical (unpaired) electrons. The second-order valence-corrected chi connectivity index (χ2v) is 4.87. The molecule has 2 nitrogen and oxygen atoms in total. The zero-order chi connectivity index (χ0) is 19.0. The summed E-state index contributed by atoms with van der Waals surface area (Å²) < 4.78 is 103. The van der Waals surface area contributed by atoms with E-state index >= 15 is 0 Å². The van der Waals surface area contributed by atoms with Crippen LogP contribution in [0.2, 0.25) is 0 Å². The van der Waals surface area contributed by atoms with Crippen molar-refractivity contribution in [3.63, 3.8) is 0 Å². The largest absolute Gasteiger partial charge is 0.416 e. The van der Waals surface area contributed by atoms with Gasteiger partial charge in [-0.3, -0.25) is 4.79 Å². The van der Waals surface area contributed by atoms with Crippen LogP contribution in [-0.4, -0.2) is 5.91 Å². The molecule has 0 unspecified atom stereocenters. The third-order valence-corrected chi connectivity index (χ3v) is 3.02. The maximum absolute atomic E-state index is 13.5. The van der Waals surface area contributed by atoms with Gasteiger partial charge < -0.3 is 5.32 Å². The van der Waals surface area contributed by atoms with Crippen LogP contribution < -0.4 is 5.32 Å². The third-order valence-electron chi connectivity index (χ3n) is 3.02. The van der Waals surface area contributed by atoms with Gasteiger partial charge in [0.1, 0.15) is 11.6 Å². The van der Waals surface area contributed by atoms with Gasteiger partial charge in [-0.1, -0.05) is 0 Å². The van der Waals surface area contributed by atoms with Crippen molar-refractivity contribution in [2.24, 2.45) is 0 Å². The Kier molecular flexibility index (Phi) is 4.74. The maximum Gasteiger partial charge on any atom is 0.416 e. The monoisotopic (exact) mass is 369 g/mol. The molecule has 2 aromatic carbocycles. The first kappa shape index (κ1) is 18.7. The number of hydrogen-bond acceptors (Lipinski definition) is 1. The minimum absolute atomic E-state index is 0.127. The predicted molar refractivity (Wildman–Crippen MR) is 70.8 cm³/mol. The second kappa shape index (κ2) is 6.34. The molecule has 1 amide bonds. The summed E-state index contributed by atoms with van der Waals surface area (Å²) >= 11 is 0. The van der Waals surface area contributed by atoms with Crippen molar-refractivity contribution in [3.05, 3.63) is 64.7 Å². The number of anilines is 1. The predicted octanol–water partition coefficient (Wildman–Crippen LogP) is 5.25. The number of carbonyl (C=O) groups excluding carboxylic acids is 1. The molecular weight excluding hydrogens is 362 g/mol. The number of hydrogen-bond donors (Lipinski definition) is 1. The van der Waals surface area contributed by atoms with Gasteiger partial charge in [0.2, 0.25) is 0 Å². The molecule has 0 aliphatic heterocycles. The lowest BCUT2D eigenvalue weighted by molar-refractivity contribution is -0.143. The van der Waals surface area contributed by atoms with E-state index in [1.165, 1.54) is 0 Å². The Bertz CT molecular complexity index is 778. The molecule has 25 heavy (non-hydrogen) atoms. The molecule has 0 aromatic heterocycles. The quantitative estimate of drug-likeness (QED) is 0.720. The lowest BCUT2D eigenvalue weighted by Gasteiger charge is -2.15. The molecule has 134 valence electrons. The fourth-order valence-corrected chi connectivity index (χ4v) is 1.90. The highest BCUT2D eigenvalue weighted by molar-refractivity contribution is 6.04. The molecule has 0 aliphatic carbocycles. The first-order chi connectivity index (χ1) is 11.4. The summed E-state index contributed by atoms with van der Waals surface area (Å²) in [4.78, 5) is 11.8. The van der Waals surface area contributed by atoms with E-state index in [1.807, 2.05) is 0 Å². The van der Waals surface area contributed by atoms with Gasteiger partial charge in [0.05, 0.1) is 16.7 Å². The molecule has 0 saturated heterocycles. The van der Waals surface area contributed by atoms with Gasteiger partial charge in [-0.25, -0.2) is 8.78 Å². The first-order valence-corrected chi connectivity index (χ1v) is 6.44. The molecule has 10 heteroatoms. The molecule has 0 spiro atoms. The number of nitrogens with one attached hydrogen (secondary N) is 1. The van der Waals surface area contributed by atoms with Crippen molar-refractivity contribution in [3.8, 4) is 0 Å². The normalized spacial score (nSPS) is 12.2. The van der Waals surface area contributed by atoms with Crippen molar-refractivity contribution in [2.75, 3.05) is 5.32 Å². The van der Waals surface area contributed by atoms with E-state index in [4.69, 9.17) is 0 Å². The molecule has 2 rings (SSSR count). The van der Waals surface area contributed by atoms with Crippen LogP contribution in [-0.2, 0) is 12.4 Å². The van der Waals surface area contributed by atoms with Crippen LogP contribution in [0.4, 0.5) is 40.8 Å². The van der Waals surface area contributed by atoms with Crippen molar-refractivity contribution in [2.45, 2.75) is 12.4 Å². The number of halogens is 8. The minimum Gasteiger partial charge on any atom is -0.322 e. The van der Waals surface area contributed by atoms with Crippen LogP contribution in [0, 0.1) is 11.6 Å². The Morgan fingerprint density at radius 2 is 1.32 bits per heavy atom. The fourth-order valence-electron chi connectivity index (χ4n) is 1.90. The zero-order valence-electron chi connectivity index (χ0n) is 11.9. The van der Waals surface area contributed by atoms with Gasteiger partial charge in [-0.2, -0.15) is 26.3 Å². The standard InChI is InChI=1S/C15H7F8NO/c16-9-1-2-12(17)11(6-9)13(25)24-10-4-7(14(18,19)20)3-8(5-10)15(21,22)23/h1-6H,(H,24,25). The summed E-state index contributed by atoms with van der Waals surface area (Å²) in [5.74, 6) is -3.60. The highest BCUT2D eigenvalue weighted by atomic mass is 19.4. The Labute approximate surface area is 135 Å². The number of benzene rings is 2.